The fraction of sp³-hybridized carbons (Fsp3) is 0.167. The minimum Gasteiger partial charge on any atom is -0.322 e. The van der Waals surface area contributed by atoms with Crippen LogP contribution in [0.1, 0.15) is 35.8 Å². The van der Waals surface area contributed by atoms with Crippen molar-refractivity contribution < 1.29 is 4.79 Å². The fourth-order valence-corrected chi connectivity index (χ4v) is 3.80. The molecular formula is C24H22N8O. The van der Waals surface area contributed by atoms with E-state index in [-0.39, 0.29) is 11.9 Å². The molecule has 9 heteroatoms. The van der Waals surface area contributed by atoms with Crippen molar-refractivity contribution in [3.8, 4) is 16.9 Å². The van der Waals surface area contributed by atoms with Crippen molar-refractivity contribution in [1.82, 2.24) is 35.0 Å². The number of carbonyl (C=O) groups is 1. The number of pyridine rings is 1. The second-order valence-corrected chi connectivity index (χ2v) is 8.05. The van der Waals surface area contributed by atoms with Gasteiger partial charge in [-0.05, 0) is 61.0 Å². The first kappa shape index (κ1) is 20.5. The topological polar surface area (TPSA) is 103 Å². The molecule has 1 amide bonds. The number of nitrogens with one attached hydrogen (secondary N) is 1. The first-order chi connectivity index (χ1) is 16.0. The third kappa shape index (κ3) is 3.84. The number of fused-ring (bicyclic) bond motifs is 1. The average molecular weight is 438 g/mol. The van der Waals surface area contributed by atoms with Gasteiger partial charge in [-0.15, -0.1) is 5.10 Å². The van der Waals surface area contributed by atoms with Gasteiger partial charge in [0.2, 0.25) is 0 Å². The Hall–Kier alpha value is -4.40. The number of hydrogen-bond acceptors (Lipinski definition) is 6. The zero-order chi connectivity index (χ0) is 22.9. The maximum absolute atomic E-state index is 13.4. The third-order valence-corrected chi connectivity index (χ3v) is 5.42. The fourth-order valence-electron chi connectivity index (χ4n) is 3.80. The van der Waals surface area contributed by atoms with Gasteiger partial charge in [0.1, 0.15) is 6.33 Å². The zero-order valence-corrected chi connectivity index (χ0v) is 18.5. The Labute approximate surface area is 190 Å². The molecule has 0 aliphatic rings. The van der Waals surface area contributed by atoms with E-state index in [2.05, 4.69) is 25.9 Å². The largest absolute Gasteiger partial charge is 0.322 e. The van der Waals surface area contributed by atoms with E-state index in [0.29, 0.717) is 22.3 Å². The van der Waals surface area contributed by atoms with Gasteiger partial charge in [0.25, 0.3) is 5.91 Å². The highest BCUT2D eigenvalue weighted by molar-refractivity contribution is 6.12. The lowest BCUT2D eigenvalue weighted by Crippen LogP contribution is -2.14. The van der Waals surface area contributed by atoms with Gasteiger partial charge < -0.3 is 5.32 Å². The second-order valence-electron chi connectivity index (χ2n) is 8.05. The lowest BCUT2D eigenvalue weighted by atomic mass is 10.1. The van der Waals surface area contributed by atoms with E-state index in [9.17, 15) is 4.79 Å². The number of anilines is 1. The average Bonchev–Trinajstić information content (AvgIpc) is 3.49. The summed E-state index contributed by atoms with van der Waals surface area (Å²) in [4.78, 5) is 18.2. The van der Waals surface area contributed by atoms with Gasteiger partial charge in [0.15, 0.2) is 5.65 Å². The molecule has 0 atom stereocenters. The first-order valence-corrected chi connectivity index (χ1v) is 10.6. The summed E-state index contributed by atoms with van der Waals surface area (Å²) >= 11 is 0. The molecule has 0 aliphatic carbocycles. The number of benzene rings is 2. The van der Waals surface area contributed by atoms with Gasteiger partial charge in [0, 0.05) is 17.3 Å². The van der Waals surface area contributed by atoms with Crippen LogP contribution in [0.25, 0.3) is 28.0 Å². The molecule has 0 aliphatic heterocycles. The van der Waals surface area contributed by atoms with Crippen molar-refractivity contribution in [1.29, 1.82) is 0 Å². The summed E-state index contributed by atoms with van der Waals surface area (Å²) in [5.74, 6) is -0.225. The quantitative estimate of drug-likeness (QED) is 0.441. The van der Waals surface area contributed by atoms with Crippen molar-refractivity contribution >= 4 is 22.6 Å². The maximum atomic E-state index is 13.4. The van der Waals surface area contributed by atoms with Crippen LogP contribution in [0.2, 0.25) is 0 Å². The number of nitrogens with zero attached hydrogens (tertiary/aromatic N) is 7. The van der Waals surface area contributed by atoms with Crippen LogP contribution in [0, 0.1) is 6.92 Å². The van der Waals surface area contributed by atoms with Crippen molar-refractivity contribution in [2.75, 3.05) is 5.32 Å². The van der Waals surface area contributed by atoms with Crippen molar-refractivity contribution in [3.63, 3.8) is 0 Å². The van der Waals surface area contributed by atoms with E-state index in [4.69, 9.17) is 4.98 Å². The summed E-state index contributed by atoms with van der Waals surface area (Å²) in [6.45, 7) is 6.02. The molecule has 33 heavy (non-hydrogen) atoms. The van der Waals surface area contributed by atoms with Crippen LogP contribution in [-0.4, -0.2) is 40.9 Å². The summed E-state index contributed by atoms with van der Waals surface area (Å²) in [5, 5.41) is 19.5. The number of amides is 1. The molecule has 0 unspecified atom stereocenters. The van der Waals surface area contributed by atoms with E-state index in [0.717, 1.165) is 22.5 Å². The Bertz CT molecular complexity index is 1440. The predicted molar refractivity (Wildman–Crippen MR) is 125 cm³/mol. The molecule has 5 rings (SSSR count). The molecule has 3 aromatic heterocycles. The molecule has 2 aromatic carbocycles. The summed E-state index contributed by atoms with van der Waals surface area (Å²) in [6, 6.07) is 17.3. The van der Waals surface area contributed by atoms with E-state index in [1.807, 2.05) is 80.1 Å². The van der Waals surface area contributed by atoms with Crippen LogP contribution in [0.5, 0.6) is 0 Å². The Balaban J connectivity index is 1.55. The highest BCUT2D eigenvalue weighted by atomic mass is 16.1. The monoisotopic (exact) mass is 438 g/mol. The normalized spacial score (nSPS) is 11.3. The highest BCUT2D eigenvalue weighted by Crippen LogP contribution is 2.27. The van der Waals surface area contributed by atoms with Crippen LogP contribution in [0.3, 0.4) is 0 Å². The van der Waals surface area contributed by atoms with Crippen LogP contribution < -0.4 is 5.32 Å². The molecule has 0 bridgehead atoms. The summed E-state index contributed by atoms with van der Waals surface area (Å²) in [7, 11) is 0. The first-order valence-electron chi connectivity index (χ1n) is 10.6. The molecule has 3 heterocycles. The lowest BCUT2D eigenvalue weighted by molar-refractivity contribution is 0.102. The van der Waals surface area contributed by atoms with E-state index >= 15 is 0 Å². The summed E-state index contributed by atoms with van der Waals surface area (Å²) < 4.78 is 3.42. The van der Waals surface area contributed by atoms with Gasteiger partial charge in [-0.3, -0.25) is 4.79 Å². The standard InChI is InChI=1S/C24H22N8O/c1-15(2)32-23-20(13-26-32)19(12-21(28-23)17-7-5-4-6-8-17)24(33)27-18-9-10-22(16(3)11-18)31-14-25-29-30-31/h4-15H,1-3H3,(H,27,33). The summed E-state index contributed by atoms with van der Waals surface area (Å²) in [6.07, 6.45) is 3.24. The Kier molecular flexibility index (Phi) is 5.14. The molecule has 9 nitrogen and oxygen atoms in total. The van der Waals surface area contributed by atoms with Crippen molar-refractivity contribution in [2.45, 2.75) is 26.8 Å². The van der Waals surface area contributed by atoms with Crippen LogP contribution in [0.15, 0.2) is 67.1 Å². The van der Waals surface area contributed by atoms with Crippen LogP contribution >= 0.6 is 0 Å². The number of carbonyl (C=O) groups excluding carboxylic acids is 1. The van der Waals surface area contributed by atoms with Gasteiger partial charge in [0.05, 0.1) is 28.5 Å². The maximum Gasteiger partial charge on any atom is 0.256 e. The Morgan fingerprint density at radius 2 is 1.88 bits per heavy atom. The van der Waals surface area contributed by atoms with Crippen LogP contribution in [0.4, 0.5) is 5.69 Å². The molecular weight excluding hydrogens is 416 g/mol. The lowest BCUT2D eigenvalue weighted by Gasteiger charge is -2.12. The van der Waals surface area contributed by atoms with Gasteiger partial charge in [-0.25, -0.2) is 14.3 Å². The number of tetrazole rings is 1. The summed E-state index contributed by atoms with van der Waals surface area (Å²) in [5.41, 5.74) is 5.31. The predicted octanol–water partition coefficient (Wildman–Crippen LogP) is 4.22. The zero-order valence-electron chi connectivity index (χ0n) is 18.5. The van der Waals surface area contributed by atoms with E-state index in [1.54, 1.807) is 10.9 Å². The Morgan fingerprint density at radius 3 is 2.58 bits per heavy atom. The van der Waals surface area contributed by atoms with Crippen LogP contribution in [-0.2, 0) is 0 Å². The molecule has 1 N–H and O–H groups in total. The number of hydrogen-bond donors (Lipinski definition) is 1. The minimum absolute atomic E-state index is 0.110. The van der Waals surface area contributed by atoms with E-state index < -0.39 is 0 Å². The number of aryl methyl sites for hydroxylation is 1. The molecule has 0 spiro atoms. The third-order valence-electron chi connectivity index (χ3n) is 5.42. The Morgan fingerprint density at radius 1 is 1.06 bits per heavy atom. The smallest absolute Gasteiger partial charge is 0.256 e. The SMILES string of the molecule is Cc1cc(NC(=O)c2cc(-c3ccccc3)nc3c2cnn3C(C)C)ccc1-n1cnnn1. The van der Waals surface area contributed by atoms with E-state index in [1.165, 1.54) is 6.33 Å². The molecule has 5 aromatic rings. The highest BCUT2D eigenvalue weighted by Gasteiger charge is 2.19. The van der Waals surface area contributed by atoms with Crippen molar-refractivity contribution in [2.24, 2.45) is 0 Å². The van der Waals surface area contributed by atoms with Gasteiger partial charge >= 0.3 is 0 Å². The number of aromatic nitrogens is 7. The minimum atomic E-state index is -0.225. The number of rotatable bonds is 5. The molecule has 164 valence electrons. The van der Waals surface area contributed by atoms with Gasteiger partial charge in [-0.1, -0.05) is 30.3 Å². The molecule has 0 saturated carbocycles. The second kappa shape index (κ2) is 8.27. The molecule has 0 radical (unpaired) electrons. The van der Waals surface area contributed by atoms with Crippen molar-refractivity contribution in [3.05, 3.63) is 78.2 Å². The molecule has 0 saturated heterocycles. The van der Waals surface area contributed by atoms with Gasteiger partial charge in [-0.2, -0.15) is 5.10 Å². The molecule has 0 fully saturated rings.